The molecule has 0 spiro atoms. The second-order valence-corrected chi connectivity index (χ2v) is 5.37. The maximum absolute atomic E-state index is 4.44. The standard InChI is InChI=1S/C17H21N3/c1-13-10-17(15(11-18-2)12-19-13)20-9-5-7-14-6-3-4-8-16(14)20/h3-4,6,8,10,12,18H,5,7,9,11H2,1-2H3. The molecule has 2 heterocycles. The number of rotatable bonds is 3. The minimum atomic E-state index is 0.848. The Morgan fingerprint density at radius 1 is 1.25 bits per heavy atom. The first-order valence-corrected chi connectivity index (χ1v) is 7.25. The van der Waals surface area contributed by atoms with Crippen LogP contribution in [0.4, 0.5) is 11.4 Å². The van der Waals surface area contributed by atoms with Crippen molar-refractivity contribution < 1.29 is 0 Å². The molecule has 0 saturated carbocycles. The zero-order valence-corrected chi connectivity index (χ0v) is 12.2. The fourth-order valence-electron chi connectivity index (χ4n) is 2.94. The normalized spacial score (nSPS) is 14.2. The van der Waals surface area contributed by atoms with Crippen LogP contribution in [0.1, 0.15) is 23.2 Å². The summed E-state index contributed by atoms with van der Waals surface area (Å²) >= 11 is 0. The molecule has 20 heavy (non-hydrogen) atoms. The number of nitrogens with one attached hydrogen (secondary N) is 1. The third kappa shape index (κ3) is 2.41. The average Bonchev–Trinajstić information content (AvgIpc) is 2.49. The zero-order valence-electron chi connectivity index (χ0n) is 12.2. The molecule has 1 aromatic heterocycles. The third-order valence-electron chi connectivity index (χ3n) is 3.87. The Balaban J connectivity index is 2.07. The minimum Gasteiger partial charge on any atom is -0.341 e. The average molecular weight is 267 g/mol. The van der Waals surface area contributed by atoms with E-state index in [0.29, 0.717) is 0 Å². The van der Waals surface area contributed by atoms with E-state index in [1.807, 2.05) is 13.2 Å². The van der Waals surface area contributed by atoms with Crippen LogP contribution in [-0.2, 0) is 13.0 Å². The molecule has 2 aromatic rings. The van der Waals surface area contributed by atoms with Crippen LogP contribution >= 0.6 is 0 Å². The van der Waals surface area contributed by atoms with E-state index in [1.54, 1.807) is 0 Å². The lowest BCUT2D eigenvalue weighted by Gasteiger charge is -2.33. The lowest BCUT2D eigenvalue weighted by atomic mass is 10.0. The monoisotopic (exact) mass is 267 g/mol. The molecule has 1 N–H and O–H groups in total. The van der Waals surface area contributed by atoms with Gasteiger partial charge in [-0.1, -0.05) is 18.2 Å². The molecule has 0 aliphatic carbocycles. The van der Waals surface area contributed by atoms with E-state index >= 15 is 0 Å². The van der Waals surface area contributed by atoms with Crippen molar-refractivity contribution in [2.45, 2.75) is 26.3 Å². The number of pyridine rings is 1. The molecule has 0 fully saturated rings. The first-order valence-electron chi connectivity index (χ1n) is 7.25. The molecule has 1 aliphatic rings. The summed E-state index contributed by atoms with van der Waals surface area (Å²) in [7, 11) is 1.98. The van der Waals surface area contributed by atoms with Crippen molar-refractivity contribution in [1.82, 2.24) is 10.3 Å². The fourth-order valence-corrected chi connectivity index (χ4v) is 2.94. The molecule has 3 heteroatoms. The lowest BCUT2D eigenvalue weighted by Crippen LogP contribution is -2.26. The lowest BCUT2D eigenvalue weighted by molar-refractivity contribution is 0.752. The highest BCUT2D eigenvalue weighted by molar-refractivity contribution is 5.70. The van der Waals surface area contributed by atoms with Gasteiger partial charge in [0.15, 0.2) is 0 Å². The molecule has 104 valence electrons. The van der Waals surface area contributed by atoms with Crippen molar-refractivity contribution in [2.75, 3.05) is 18.5 Å². The van der Waals surface area contributed by atoms with Crippen LogP contribution in [0.5, 0.6) is 0 Å². The molecule has 0 unspecified atom stereocenters. The van der Waals surface area contributed by atoms with Gasteiger partial charge in [0.2, 0.25) is 0 Å². The second kappa shape index (κ2) is 5.63. The summed E-state index contributed by atoms with van der Waals surface area (Å²) in [6.07, 6.45) is 4.38. The quantitative estimate of drug-likeness (QED) is 0.925. The van der Waals surface area contributed by atoms with Gasteiger partial charge in [0.1, 0.15) is 0 Å². The van der Waals surface area contributed by atoms with Crippen LogP contribution < -0.4 is 10.2 Å². The molecule has 1 aromatic carbocycles. The van der Waals surface area contributed by atoms with Crippen LogP contribution in [0, 0.1) is 6.92 Å². The van der Waals surface area contributed by atoms with E-state index in [0.717, 1.165) is 18.8 Å². The third-order valence-corrected chi connectivity index (χ3v) is 3.87. The van der Waals surface area contributed by atoms with Crippen LogP contribution in [0.25, 0.3) is 0 Å². The Morgan fingerprint density at radius 2 is 2.10 bits per heavy atom. The molecule has 0 bridgehead atoms. The number of aromatic nitrogens is 1. The smallest absolute Gasteiger partial charge is 0.0490 e. The summed E-state index contributed by atoms with van der Waals surface area (Å²) in [5, 5.41) is 3.24. The van der Waals surface area contributed by atoms with Crippen molar-refractivity contribution >= 4 is 11.4 Å². The highest BCUT2D eigenvalue weighted by atomic mass is 15.1. The highest BCUT2D eigenvalue weighted by Gasteiger charge is 2.20. The summed E-state index contributed by atoms with van der Waals surface area (Å²) in [5.41, 5.74) is 6.42. The first-order chi connectivity index (χ1) is 9.79. The van der Waals surface area contributed by atoms with Crippen molar-refractivity contribution in [3.8, 4) is 0 Å². The topological polar surface area (TPSA) is 28.2 Å². The number of anilines is 2. The maximum Gasteiger partial charge on any atom is 0.0490 e. The Bertz CT molecular complexity index is 607. The maximum atomic E-state index is 4.44. The molecule has 0 radical (unpaired) electrons. The number of benzene rings is 1. The van der Waals surface area contributed by atoms with Gasteiger partial charge in [0, 0.05) is 41.9 Å². The van der Waals surface area contributed by atoms with E-state index in [9.17, 15) is 0 Å². The number of nitrogens with zero attached hydrogens (tertiary/aromatic N) is 2. The van der Waals surface area contributed by atoms with E-state index in [1.165, 1.54) is 35.3 Å². The van der Waals surface area contributed by atoms with E-state index in [2.05, 4.69) is 52.5 Å². The van der Waals surface area contributed by atoms with Gasteiger partial charge in [-0.05, 0) is 44.5 Å². The molecule has 0 amide bonds. The first kappa shape index (κ1) is 13.1. The van der Waals surface area contributed by atoms with Crippen molar-refractivity contribution in [3.63, 3.8) is 0 Å². The molecule has 1 aliphatic heterocycles. The summed E-state index contributed by atoms with van der Waals surface area (Å²) < 4.78 is 0. The van der Waals surface area contributed by atoms with Gasteiger partial charge < -0.3 is 10.2 Å². The Labute approximate surface area is 120 Å². The largest absolute Gasteiger partial charge is 0.341 e. The molecular weight excluding hydrogens is 246 g/mol. The minimum absolute atomic E-state index is 0.848. The summed E-state index contributed by atoms with van der Waals surface area (Å²) in [4.78, 5) is 6.89. The molecular formula is C17H21N3. The van der Waals surface area contributed by atoms with Crippen LogP contribution in [0.2, 0.25) is 0 Å². The van der Waals surface area contributed by atoms with Gasteiger partial charge in [-0.15, -0.1) is 0 Å². The highest BCUT2D eigenvalue weighted by Crippen LogP contribution is 2.35. The number of hydrogen-bond acceptors (Lipinski definition) is 3. The SMILES string of the molecule is CNCc1cnc(C)cc1N1CCCc2ccccc21. The summed E-state index contributed by atoms with van der Waals surface area (Å²) in [5.74, 6) is 0. The van der Waals surface area contributed by atoms with E-state index in [4.69, 9.17) is 0 Å². The predicted molar refractivity (Wildman–Crippen MR) is 83.5 cm³/mol. The van der Waals surface area contributed by atoms with E-state index in [-0.39, 0.29) is 0 Å². The summed E-state index contributed by atoms with van der Waals surface area (Å²) in [6, 6.07) is 10.9. The number of para-hydroxylation sites is 1. The van der Waals surface area contributed by atoms with Gasteiger partial charge in [-0.2, -0.15) is 0 Å². The predicted octanol–water partition coefficient (Wildman–Crippen LogP) is 3.19. The van der Waals surface area contributed by atoms with Gasteiger partial charge in [0.05, 0.1) is 0 Å². The van der Waals surface area contributed by atoms with Crippen molar-refractivity contribution in [1.29, 1.82) is 0 Å². The molecule has 3 nitrogen and oxygen atoms in total. The number of hydrogen-bond donors (Lipinski definition) is 1. The number of fused-ring (bicyclic) bond motifs is 1. The summed E-state index contributed by atoms with van der Waals surface area (Å²) in [6.45, 7) is 3.99. The molecule has 3 rings (SSSR count). The second-order valence-electron chi connectivity index (χ2n) is 5.37. The van der Waals surface area contributed by atoms with Crippen LogP contribution in [0.15, 0.2) is 36.5 Å². The van der Waals surface area contributed by atoms with Gasteiger partial charge in [-0.25, -0.2) is 0 Å². The van der Waals surface area contributed by atoms with Crippen molar-refractivity contribution in [2.24, 2.45) is 0 Å². The van der Waals surface area contributed by atoms with Gasteiger partial charge in [-0.3, -0.25) is 4.98 Å². The van der Waals surface area contributed by atoms with Crippen LogP contribution in [0.3, 0.4) is 0 Å². The Morgan fingerprint density at radius 3 is 2.95 bits per heavy atom. The molecule has 0 saturated heterocycles. The van der Waals surface area contributed by atoms with Gasteiger partial charge >= 0.3 is 0 Å². The fraction of sp³-hybridized carbons (Fsp3) is 0.353. The van der Waals surface area contributed by atoms with E-state index < -0.39 is 0 Å². The van der Waals surface area contributed by atoms with Crippen molar-refractivity contribution in [3.05, 3.63) is 53.3 Å². The Hall–Kier alpha value is -1.87. The zero-order chi connectivity index (χ0) is 13.9. The Kier molecular flexibility index (Phi) is 3.70. The number of aryl methyl sites for hydroxylation is 2. The van der Waals surface area contributed by atoms with Crippen LogP contribution in [-0.4, -0.2) is 18.6 Å². The molecule has 0 atom stereocenters. The van der Waals surface area contributed by atoms with Gasteiger partial charge in [0.25, 0.3) is 0 Å².